The molecular formula is C14H20IN. The molecule has 1 unspecified atom stereocenters. The van der Waals surface area contributed by atoms with Gasteiger partial charge in [-0.2, -0.15) is 0 Å². The number of halogens is 1. The third-order valence-corrected chi connectivity index (χ3v) is 4.73. The molecule has 0 aromatic heterocycles. The normalized spacial score (nSPS) is 20.9. The maximum absolute atomic E-state index is 6.38. The Kier molecular flexibility index (Phi) is 3.90. The van der Waals surface area contributed by atoms with Crippen LogP contribution in [0.5, 0.6) is 0 Å². The van der Waals surface area contributed by atoms with Gasteiger partial charge in [0.1, 0.15) is 0 Å². The van der Waals surface area contributed by atoms with Crippen molar-refractivity contribution in [2.24, 2.45) is 11.1 Å². The number of benzene rings is 1. The van der Waals surface area contributed by atoms with Crippen LogP contribution >= 0.6 is 22.6 Å². The van der Waals surface area contributed by atoms with Crippen LogP contribution in [0.3, 0.4) is 0 Å². The second-order valence-corrected chi connectivity index (χ2v) is 6.54. The minimum absolute atomic E-state index is 0.315. The van der Waals surface area contributed by atoms with Gasteiger partial charge in [0.2, 0.25) is 0 Å². The average molecular weight is 329 g/mol. The van der Waals surface area contributed by atoms with Gasteiger partial charge in [0.05, 0.1) is 0 Å². The summed E-state index contributed by atoms with van der Waals surface area (Å²) >= 11 is 2.34. The van der Waals surface area contributed by atoms with E-state index in [2.05, 4.69) is 53.8 Å². The van der Waals surface area contributed by atoms with Gasteiger partial charge < -0.3 is 5.73 Å². The topological polar surface area (TPSA) is 26.0 Å². The number of hydrogen-bond acceptors (Lipinski definition) is 1. The lowest BCUT2D eigenvalue weighted by molar-refractivity contribution is 0.260. The van der Waals surface area contributed by atoms with Crippen molar-refractivity contribution < 1.29 is 0 Å². The van der Waals surface area contributed by atoms with E-state index in [1.807, 2.05) is 0 Å². The summed E-state index contributed by atoms with van der Waals surface area (Å²) in [6, 6.07) is 9.06. The lowest BCUT2D eigenvalue weighted by Crippen LogP contribution is -2.39. The molecule has 0 aliphatic heterocycles. The van der Waals surface area contributed by atoms with E-state index in [1.54, 1.807) is 0 Å². The molecule has 1 atom stereocenters. The van der Waals surface area contributed by atoms with E-state index < -0.39 is 0 Å². The highest BCUT2D eigenvalue weighted by atomic mass is 127. The lowest BCUT2D eigenvalue weighted by Gasteiger charge is -2.31. The minimum atomic E-state index is 0.315. The van der Waals surface area contributed by atoms with Crippen molar-refractivity contribution in [3.63, 3.8) is 0 Å². The van der Waals surface area contributed by atoms with Crippen LogP contribution in [0.2, 0.25) is 0 Å². The molecule has 88 valence electrons. The summed E-state index contributed by atoms with van der Waals surface area (Å²) in [6.45, 7) is 2.36. The molecule has 16 heavy (non-hydrogen) atoms. The third-order valence-electron chi connectivity index (χ3n) is 4.01. The maximum Gasteiger partial charge on any atom is 0.0133 e. The summed E-state index contributed by atoms with van der Waals surface area (Å²) in [5, 5.41) is 0. The molecule has 0 amide bonds. The molecule has 1 aromatic rings. The predicted molar refractivity (Wildman–Crippen MR) is 77.4 cm³/mol. The smallest absolute Gasteiger partial charge is 0.0133 e. The SMILES string of the molecule is CC1(C(N)Cc2ccc(I)cc2)CCCC1. The second-order valence-electron chi connectivity index (χ2n) is 5.30. The predicted octanol–water partition coefficient (Wildman–Crippen LogP) is 3.74. The van der Waals surface area contributed by atoms with Gasteiger partial charge in [0.15, 0.2) is 0 Å². The molecule has 1 aliphatic rings. The minimum Gasteiger partial charge on any atom is -0.327 e. The molecule has 0 radical (unpaired) electrons. The van der Waals surface area contributed by atoms with E-state index in [4.69, 9.17) is 5.73 Å². The summed E-state index contributed by atoms with van der Waals surface area (Å²) < 4.78 is 1.29. The van der Waals surface area contributed by atoms with E-state index in [-0.39, 0.29) is 0 Å². The Hall–Kier alpha value is -0.0900. The Labute approximate surface area is 112 Å². The van der Waals surface area contributed by atoms with Gasteiger partial charge in [-0.25, -0.2) is 0 Å². The first-order valence-corrected chi connectivity index (χ1v) is 7.18. The molecule has 0 bridgehead atoms. The second kappa shape index (κ2) is 5.05. The number of nitrogens with two attached hydrogens (primary N) is 1. The Morgan fingerprint density at radius 3 is 2.38 bits per heavy atom. The summed E-state index contributed by atoms with van der Waals surface area (Å²) in [5.41, 5.74) is 8.14. The van der Waals surface area contributed by atoms with Crippen LogP contribution in [0, 0.1) is 8.99 Å². The summed E-state index contributed by atoms with van der Waals surface area (Å²) in [7, 11) is 0. The van der Waals surface area contributed by atoms with Crippen LogP contribution < -0.4 is 5.73 Å². The fraction of sp³-hybridized carbons (Fsp3) is 0.571. The van der Waals surface area contributed by atoms with E-state index in [1.165, 1.54) is 34.8 Å². The number of rotatable bonds is 3. The molecule has 1 fully saturated rings. The standard InChI is InChI=1S/C14H20IN/c1-14(8-2-3-9-14)13(16)10-11-4-6-12(15)7-5-11/h4-7,13H,2-3,8-10,16H2,1H3. The third kappa shape index (κ3) is 2.77. The van der Waals surface area contributed by atoms with Gasteiger partial charge >= 0.3 is 0 Å². The van der Waals surface area contributed by atoms with Gasteiger partial charge in [-0.1, -0.05) is 31.9 Å². The average Bonchev–Trinajstić information content (AvgIpc) is 2.70. The fourth-order valence-electron chi connectivity index (χ4n) is 2.67. The first kappa shape index (κ1) is 12.4. The van der Waals surface area contributed by atoms with Gasteiger partial charge in [0, 0.05) is 9.61 Å². The first-order valence-electron chi connectivity index (χ1n) is 6.10. The lowest BCUT2D eigenvalue weighted by atomic mass is 9.78. The van der Waals surface area contributed by atoms with Gasteiger partial charge in [0.25, 0.3) is 0 Å². The molecule has 1 aliphatic carbocycles. The molecule has 2 rings (SSSR count). The van der Waals surface area contributed by atoms with Crippen molar-refractivity contribution >= 4 is 22.6 Å². The molecule has 0 spiro atoms. The van der Waals surface area contributed by atoms with Crippen molar-refractivity contribution in [2.45, 2.75) is 45.1 Å². The van der Waals surface area contributed by atoms with Crippen LogP contribution in [0.15, 0.2) is 24.3 Å². The van der Waals surface area contributed by atoms with E-state index in [0.29, 0.717) is 11.5 Å². The zero-order valence-electron chi connectivity index (χ0n) is 9.88. The van der Waals surface area contributed by atoms with Crippen LogP contribution in [-0.4, -0.2) is 6.04 Å². The van der Waals surface area contributed by atoms with Crippen molar-refractivity contribution in [3.8, 4) is 0 Å². The quantitative estimate of drug-likeness (QED) is 0.840. The largest absolute Gasteiger partial charge is 0.327 e. The van der Waals surface area contributed by atoms with Crippen molar-refractivity contribution in [1.29, 1.82) is 0 Å². The molecule has 1 aromatic carbocycles. The summed E-state index contributed by atoms with van der Waals surface area (Å²) in [6.07, 6.45) is 6.35. The highest BCUT2D eigenvalue weighted by Crippen LogP contribution is 2.40. The molecule has 1 nitrogen and oxygen atoms in total. The van der Waals surface area contributed by atoms with E-state index in [9.17, 15) is 0 Å². The first-order chi connectivity index (χ1) is 7.60. The van der Waals surface area contributed by atoms with Crippen LogP contribution in [-0.2, 0) is 6.42 Å². The molecule has 0 heterocycles. The monoisotopic (exact) mass is 329 g/mol. The van der Waals surface area contributed by atoms with Crippen molar-refractivity contribution in [1.82, 2.24) is 0 Å². The summed E-state index contributed by atoms with van der Waals surface area (Å²) in [4.78, 5) is 0. The van der Waals surface area contributed by atoms with Crippen molar-refractivity contribution in [2.75, 3.05) is 0 Å². The van der Waals surface area contributed by atoms with Gasteiger partial charge in [-0.15, -0.1) is 0 Å². The number of hydrogen-bond donors (Lipinski definition) is 1. The Morgan fingerprint density at radius 1 is 1.25 bits per heavy atom. The van der Waals surface area contributed by atoms with E-state index in [0.717, 1.165) is 6.42 Å². The maximum atomic E-state index is 6.38. The zero-order valence-corrected chi connectivity index (χ0v) is 12.0. The van der Waals surface area contributed by atoms with Crippen LogP contribution in [0.4, 0.5) is 0 Å². The molecule has 0 saturated heterocycles. The Morgan fingerprint density at radius 2 is 1.81 bits per heavy atom. The van der Waals surface area contributed by atoms with Crippen molar-refractivity contribution in [3.05, 3.63) is 33.4 Å². The molecule has 2 heteroatoms. The summed E-state index contributed by atoms with van der Waals surface area (Å²) in [5.74, 6) is 0. The highest BCUT2D eigenvalue weighted by molar-refractivity contribution is 14.1. The van der Waals surface area contributed by atoms with Crippen LogP contribution in [0.25, 0.3) is 0 Å². The Balaban J connectivity index is 2.01. The van der Waals surface area contributed by atoms with Gasteiger partial charge in [-0.3, -0.25) is 0 Å². The molecule has 2 N–H and O–H groups in total. The zero-order chi connectivity index (χ0) is 11.6. The highest BCUT2D eigenvalue weighted by Gasteiger charge is 2.34. The molecule has 1 saturated carbocycles. The Bertz CT molecular complexity index is 338. The van der Waals surface area contributed by atoms with Gasteiger partial charge in [-0.05, 0) is 65.0 Å². The van der Waals surface area contributed by atoms with Crippen LogP contribution in [0.1, 0.15) is 38.2 Å². The molecular weight excluding hydrogens is 309 g/mol. The fourth-order valence-corrected chi connectivity index (χ4v) is 3.03. The van der Waals surface area contributed by atoms with E-state index >= 15 is 0 Å².